The molecule has 0 radical (unpaired) electrons. The summed E-state index contributed by atoms with van der Waals surface area (Å²) in [6.07, 6.45) is 14.8. The second kappa shape index (κ2) is 6.95. The van der Waals surface area contributed by atoms with Crippen molar-refractivity contribution in [1.82, 2.24) is 5.32 Å². The summed E-state index contributed by atoms with van der Waals surface area (Å²) in [7, 11) is 0. The van der Waals surface area contributed by atoms with E-state index in [1.54, 1.807) is 0 Å². The normalized spacial score (nSPS) is 33.8. The van der Waals surface area contributed by atoms with Gasteiger partial charge in [0.2, 0.25) is 0 Å². The van der Waals surface area contributed by atoms with E-state index in [2.05, 4.69) is 11.6 Å². The first-order chi connectivity index (χ1) is 9.80. The van der Waals surface area contributed by atoms with Crippen LogP contribution in [0, 0.1) is 5.41 Å². The molecule has 2 unspecified atom stereocenters. The number of hydrogen-bond acceptors (Lipinski definition) is 4. The summed E-state index contributed by atoms with van der Waals surface area (Å²) >= 11 is 4.05. The molecule has 114 valence electrons. The van der Waals surface area contributed by atoms with Crippen LogP contribution < -0.4 is 5.32 Å². The predicted octanol–water partition coefficient (Wildman–Crippen LogP) is 4.30. The Morgan fingerprint density at radius 2 is 2.05 bits per heavy atom. The number of hydrogen-bond donors (Lipinski definition) is 1. The molecule has 0 saturated heterocycles. The molecule has 0 aromatic heterocycles. The lowest BCUT2D eigenvalue weighted by atomic mass is 9.75. The lowest BCUT2D eigenvalue weighted by Gasteiger charge is -2.39. The number of amidine groups is 1. The van der Waals surface area contributed by atoms with E-state index < -0.39 is 0 Å². The maximum Gasteiger partial charge on any atom is 0.156 e. The van der Waals surface area contributed by atoms with Crippen LogP contribution in [0.3, 0.4) is 0 Å². The first-order valence-electron chi connectivity index (χ1n) is 8.26. The van der Waals surface area contributed by atoms with E-state index >= 15 is 0 Å². The van der Waals surface area contributed by atoms with Gasteiger partial charge in [0.05, 0.1) is 0 Å². The van der Waals surface area contributed by atoms with Crippen molar-refractivity contribution in [2.75, 3.05) is 18.6 Å². The summed E-state index contributed by atoms with van der Waals surface area (Å²) in [6, 6.07) is 0.674. The molecular formula is C16H28N2S2. The van der Waals surface area contributed by atoms with Crippen molar-refractivity contribution in [2.24, 2.45) is 10.4 Å². The fourth-order valence-electron chi connectivity index (χ4n) is 3.91. The predicted molar refractivity (Wildman–Crippen MR) is 93.0 cm³/mol. The van der Waals surface area contributed by atoms with Crippen LogP contribution in [0.2, 0.25) is 0 Å². The van der Waals surface area contributed by atoms with E-state index in [-0.39, 0.29) is 0 Å². The Bertz CT molecular complexity index is 350. The topological polar surface area (TPSA) is 24.4 Å². The van der Waals surface area contributed by atoms with E-state index in [1.807, 2.05) is 23.5 Å². The molecule has 0 bridgehead atoms. The van der Waals surface area contributed by atoms with Crippen molar-refractivity contribution in [3.63, 3.8) is 0 Å². The lowest BCUT2D eigenvalue weighted by molar-refractivity contribution is 0.232. The SMILES string of the molecule is CSC1CCCC(NC2=NCC3(CCCCC3)CS2)C1. The highest BCUT2D eigenvalue weighted by Crippen LogP contribution is 2.41. The van der Waals surface area contributed by atoms with Gasteiger partial charge in [-0.15, -0.1) is 0 Å². The molecule has 2 atom stereocenters. The molecule has 2 aliphatic carbocycles. The Balaban J connectivity index is 1.51. The quantitative estimate of drug-likeness (QED) is 0.822. The molecule has 3 aliphatic rings. The first kappa shape index (κ1) is 15.1. The minimum Gasteiger partial charge on any atom is -0.362 e. The number of rotatable bonds is 2. The minimum atomic E-state index is 0.558. The molecule has 2 nitrogen and oxygen atoms in total. The number of thioether (sulfide) groups is 2. The van der Waals surface area contributed by atoms with E-state index in [4.69, 9.17) is 4.99 Å². The van der Waals surface area contributed by atoms with Gasteiger partial charge in [0.25, 0.3) is 0 Å². The van der Waals surface area contributed by atoms with Gasteiger partial charge in [-0.1, -0.05) is 37.4 Å². The van der Waals surface area contributed by atoms with Crippen LogP contribution in [0.4, 0.5) is 0 Å². The third-order valence-corrected chi connectivity index (χ3v) is 7.65. The standard InChI is InChI=1S/C16H28N2S2/c1-19-14-7-5-6-13(10-14)18-15-17-11-16(12-20-15)8-3-2-4-9-16/h13-14H,2-12H2,1H3,(H,17,18). The fraction of sp³-hybridized carbons (Fsp3) is 0.938. The second-order valence-electron chi connectivity index (χ2n) is 6.84. The van der Waals surface area contributed by atoms with Gasteiger partial charge in [0.1, 0.15) is 0 Å². The molecule has 1 heterocycles. The van der Waals surface area contributed by atoms with Gasteiger partial charge in [-0.2, -0.15) is 11.8 Å². The van der Waals surface area contributed by atoms with Gasteiger partial charge in [0, 0.05) is 23.6 Å². The summed E-state index contributed by atoms with van der Waals surface area (Å²) in [4.78, 5) is 4.91. The minimum absolute atomic E-state index is 0.558. The van der Waals surface area contributed by atoms with Gasteiger partial charge >= 0.3 is 0 Å². The van der Waals surface area contributed by atoms with Crippen molar-refractivity contribution in [1.29, 1.82) is 0 Å². The largest absolute Gasteiger partial charge is 0.362 e. The van der Waals surface area contributed by atoms with Gasteiger partial charge in [-0.25, -0.2) is 0 Å². The summed E-state index contributed by atoms with van der Waals surface area (Å²) in [5, 5.41) is 5.85. The highest BCUT2D eigenvalue weighted by Gasteiger charge is 2.35. The third-order valence-electron chi connectivity index (χ3n) is 5.27. The van der Waals surface area contributed by atoms with Crippen LogP contribution in [0.1, 0.15) is 57.8 Å². The average molecular weight is 313 g/mol. The van der Waals surface area contributed by atoms with Crippen LogP contribution in [0.5, 0.6) is 0 Å². The van der Waals surface area contributed by atoms with Crippen LogP contribution in [0.15, 0.2) is 4.99 Å². The van der Waals surface area contributed by atoms with Crippen LogP contribution in [-0.4, -0.2) is 35.0 Å². The fourth-order valence-corrected chi connectivity index (χ4v) is 5.96. The Kier molecular flexibility index (Phi) is 5.24. The van der Waals surface area contributed by atoms with Gasteiger partial charge in [-0.05, 0) is 43.8 Å². The monoisotopic (exact) mass is 312 g/mol. The molecule has 0 aromatic carbocycles. The molecular weight excluding hydrogens is 284 g/mol. The highest BCUT2D eigenvalue weighted by molar-refractivity contribution is 8.13. The van der Waals surface area contributed by atoms with Crippen LogP contribution in [-0.2, 0) is 0 Å². The Labute approximate surface area is 132 Å². The van der Waals surface area contributed by atoms with Crippen molar-refractivity contribution < 1.29 is 0 Å². The molecule has 2 saturated carbocycles. The van der Waals surface area contributed by atoms with Crippen molar-refractivity contribution >= 4 is 28.7 Å². The molecule has 0 aromatic rings. The Morgan fingerprint density at radius 3 is 2.75 bits per heavy atom. The zero-order chi connectivity index (χ0) is 13.8. The summed E-state index contributed by atoms with van der Waals surface area (Å²) in [6.45, 7) is 1.08. The summed E-state index contributed by atoms with van der Waals surface area (Å²) < 4.78 is 0. The van der Waals surface area contributed by atoms with E-state index in [0.717, 1.165) is 11.8 Å². The number of nitrogens with one attached hydrogen (secondary N) is 1. The Morgan fingerprint density at radius 1 is 1.20 bits per heavy atom. The molecule has 20 heavy (non-hydrogen) atoms. The molecule has 3 rings (SSSR count). The molecule has 1 N–H and O–H groups in total. The molecule has 0 amide bonds. The molecule has 2 fully saturated rings. The van der Waals surface area contributed by atoms with E-state index in [1.165, 1.54) is 68.7 Å². The molecule has 1 aliphatic heterocycles. The number of nitrogens with zero attached hydrogens (tertiary/aromatic N) is 1. The van der Waals surface area contributed by atoms with Gasteiger partial charge < -0.3 is 5.32 Å². The maximum absolute atomic E-state index is 4.91. The van der Waals surface area contributed by atoms with Crippen LogP contribution in [0.25, 0.3) is 0 Å². The van der Waals surface area contributed by atoms with E-state index in [0.29, 0.717) is 11.5 Å². The third kappa shape index (κ3) is 3.68. The smallest absolute Gasteiger partial charge is 0.156 e. The van der Waals surface area contributed by atoms with Crippen LogP contribution >= 0.6 is 23.5 Å². The van der Waals surface area contributed by atoms with Crippen molar-refractivity contribution in [3.05, 3.63) is 0 Å². The lowest BCUT2D eigenvalue weighted by Crippen LogP contribution is -2.42. The number of aliphatic imine (C=N–C) groups is 1. The first-order valence-corrected chi connectivity index (χ1v) is 10.5. The average Bonchev–Trinajstić information content (AvgIpc) is 2.51. The second-order valence-corrected chi connectivity index (χ2v) is 8.94. The highest BCUT2D eigenvalue weighted by atomic mass is 32.2. The van der Waals surface area contributed by atoms with E-state index in [9.17, 15) is 0 Å². The van der Waals surface area contributed by atoms with Crippen molar-refractivity contribution in [3.8, 4) is 0 Å². The molecule has 1 spiro atoms. The van der Waals surface area contributed by atoms with Crippen molar-refractivity contribution in [2.45, 2.75) is 69.1 Å². The van der Waals surface area contributed by atoms with Gasteiger partial charge in [-0.3, -0.25) is 4.99 Å². The summed E-state index contributed by atoms with van der Waals surface area (Å²) in [5.74, 6) is 1.30. The Hall–Kier alpha value is 0.170. The van der Waals surface area contributed by atoms with Gasteiger partial charge in [0.15, 0.2) is 5.17 Å². The maximum atomic E-state index is 4.91. The summed E-state index contributed by atoms with van der Waals surface area (Å²) in [5.41, 5.74) is 0.558. The zero-order valence-electron chi connectivity index (χ0n) is 12.7. The zero-order valence-corrected chi connectivity index (χ0v) is 14.3. The molecule has 4 heteroatoms.